The Morgan fingerprint density at radius 2 is 1.08 bits per heavy atom. The van der Waals surface area contributed by atoms with Crippen LogP contribution in [0.4, 0.5) is 0 Å². The number of aliphatic hydroxyl groups is 10. The van der Waals surface area contributed by atoms with Crippen molar-refractivity contribution < 1.29 is 104 Å². The van der Waals surface area contributed by atoms with Gasteiger partial charge in [0.2, 0.25) is 18.3 Å². The van der Waals surface area contributed by atoms with E-state index in [1.54, 1.807) is 30.3 Å². The van der Waals surface area contributed by atoms with E-state index in [9.17, 15) is 56.2 Å². The van der Waals surface area contributed by atoms with Crippen LogP contribution in [0.3, 0.4) is 0 Å². The molecule has 4 fully saturated rings. The molecule has 4 aliphatic heterocycles. The molecule has 21 nitrogen and oxygen atoms in total. The molecule has 11 N–H and O–H groups in total. The van der Waals surface area contributed by atoms with Gasteiger partial charge in [-0.2, -0.15) is 0 Å². The largest absolute Gasteiger partial charge is 0.504 e. The normalized spacial score (nSPS) is 33.5. The Morgan fingerprint density at radius 1 is 0.578 bits per heavy atom. The topological polar surface area (TPSA) is 315 Å². The highest BCUT2D eigenvalue weighted by atomic mass is 16.7. The highest BCUT2D eigenvalue weighted by molar-refractivity contribution is 5.56. The van der Waals surface area contributed by atoms with Gasteiger partial charge in [-0.25, -0.2) is 0 Å². The lowest BCUT2D eigenvalue weighted by Crippen LogP contribution is -2.60. The third-order valence-corrected chi connectivity index (χ3v) is 12.4. The lowest BCUT2D eigenvalue weighted by molar-refractivity contribution is -0.277. The highest BCUT2D eigenvalue weighted by Crippen LogP contribution is 2.53. The molecular formula is C43H56O21. The predicted octanol–water partition coefficient (Wildman–Crippen LogP) is -1.33. The Kier molecular flexibility index (Phi) is 14.9. The number of aliphatic hydroxyl groups excluding tert-OH is 10. The van der Waals surface area contributed by atoms with Gasteiger partial charge in [-0.3, -0.25) is 0 Å². The summed E-state index contributed by atoms with van der Waals surface area (Å²) in [5.41, 5.74) is 1.58. The molecule has 3 aromatic carbocycles. The maximum Gasteiger partial charge on any atom is 0.229 e. The zero-order chi connectivity index (χ0) is 46.1. The van der Waals surface area contributed by atoms with Crippen molar-refractivity contribution in [2.45, 2.75) is 85.6 Å². The zero-order valence-electron chi connectivity index (χ0n) is 35.3. The smallest absolute Gasteiger partial charge is 0.229 e. The standard InChI is InChI=1S/C43H56O21/c1-55-25-8-17(5-6-24(25)61-42-37(53)35(51)33(49)29(13-45)62-42)39-22-15-60-40(23(22)16-59-39)19-7-20(32(48)26(11-19)56-2)21(12-44)31(47)18-9-27(57-3)41(28(10-18)58-4)64-43-38(54)36(52)34(50)30(14-46)63-43/h5-11,21-23,29-31,33-40,42-54H,12-16H2,1-4H3/t21-,22-,23-,29+,30+,31-,33+,34+,35-,36-,37+,38+,39+,40+,42+,43-/m0/s1. The number of ether oxygens (including phenoxy) is 10. The van der Waals surface area contributed by atoms with E-state index in [0.29, 0.717) is 5.56 Å². The number of phenols is 1. The first-order chi connectivity index (χ1) is 30.7. The maximum absolute atomic E-state index is 11.9. The fourth-order valence-electron chi connectivity index (χ4n) is 8.81. The van der Waals surface area contributed by atoms with Gasteiger partial charge >= 0.3 is 0 Å². The molecule has 3 aromatic rings. The summed E-state index contributed by atoms with van der Waals surface area (Å²) in [5, 5.41) is 115. The SMILES string of the molecule is COc1cc([C@H]2OC[C@H]3[C@@H]2CO[C@@H]3c2cc(OC)c(O)c([C@H](CO)[C@@H](O)c3cc(OC)c(O[C@@H]4O[C@H](CO)[C@@H](O)[C@H](O)[C@H]4O)c(OC)c3)c2)ccc1O[C@@H]1O[C@H](CO)[C@@H](O)[C@H](O)[C@H]1O. The van der Waals surface area contributed by atoms with Crippen molar-refractivity contribution in [2.75, 3.05) is 61.5 Å². The number of phenolic OH excluding ortho intramolecular Hbond substituents is 1. The van der Waals surface area contributed by atoms with Crippen molar-refractivity contribution in [3.63, 3.8) is 0 Å². The minimum Gasteiger partial charge on any atom is -0.504 e. The third kappa shape index (κ3) is 8.86. The average Bonchev–Trinajstić information content (AvgIpc) is 3.93. The molecule has 21 heteroatoms. The van der Waals surface area contributed by atoms with E-state index in [-0.39, 0.29) is 76.4 Å². The van der Waals surface area contributed by atoms with Crippen LogP contribution >= 0.6 is 0 Å². The van der Waals surface area contributed by atoms with Crippen molar-refractivity contribution in [1.29, 1.82) is 0 Å². The van der Waals surface area contributed by atoms with Crippen LogP contribution in [0.5, 0.6) is 40.2 Å². The first-order valence-corrected chi connectivity index (χ1v) is 20.5. The number of methoxy groups -OCH3 is 4. The van der Waals surface area contributed by atoms with Crippen LogP contribution in [0.25, 0.3) is 0 Å². The first-order valence-electron chi connectivity index (χ1n) is 20.5. The summed E-state index contributed by atoms with van der Waals surface area (Å²) in [4.78, 5) is 0. The van der Waals surface area contributed by atoms with E-state index < -0.39 is 105 Å². The quantitative estimate of drug-likeness (QED) is 0.0793. The van der Waals surface area contributed by atoms with Crippen molar-refractivity contribution >= 4 is 0 Å². The second kappa shape index (κ2) is 20.1. The van der Waals surface area contributed by atoms with E-state index in [4.69, 9.17) is 47.4 Å². The number of hydrogen-bond donors (Lipinski definition) is 11. The van der Waals surface area contributed by atoms with Crippen molar-refractivity contribution in [1.82, 2.24) is 0 Å². The summed E-state index contributed by atoms with van der Waals surface area (Å²) < 4.78 is 57.7. The van der Waals surface area contributed by atoms with Crippen LogP contribution in [0.2, 0.25) is 0 Å². The molecule has 16 atom stereocenters. The average molecular weight is 909 g/mol. The van der Waals surface area contributed by atoms with Gasteiger partial charge in [0.15, 0.2) is 34.5 Å². The Morgan fingerprint density at radius 3 is 1.58 bits per heavy atom. The van der Waals surface area contributed by atoms with Gasteiger partial charge in [0, 0.05) is 23.3 Å². The molecule has 0 aromatic heterocycles. The van der Waals surface area contributed by atoms with Gasteiger partial charge in [-0.15, -0.1) is 0 Å². The minimum atomic E-state index is -1.74. The number of aromatic hydroxyl groups is 1. The van der Waals surface area contributed by atoms with E-state index in [1.165, 1.54) is 40.6 Å². The summed E-state index contributed by atoms with van der Waals surface area (Å²) in [6.07, 6.45) is -17.9. The Bertz CT molecular complexity index is 2020. The molecule has 0 amide bonds. The molecule has 354 valence electrons. The predicted molar refractivity (Wildman–Crippen MR) is 215 cm³/mol. The second-order valence-electron chi connectivity index (χ2n) is 16.0. The molecule has 64 heavy (non-hydrogen) atoms. The molecule has 7 rings (SSSR count). The van der Waals surface area contributed by atoms with E-state index >= 15 is 0 Å². The molecule has 4 heterocycles. The number of hydrogen-bond acceptors (Lipinski definition) is 21. The summed E-state index contributed by atoms with van der Waals surface area (Å²) in [5.74, 6) is -1.56. The first kappa shape index (κ1) is 47.7. The van der Waals surface area contributed by atoms with Gasteiger partial charge in [0.05, 0.1) is 79.8 Å². The van der Waals surface area contributed by atoms with Crippen molar-refractivity contribution in [3.8, 4) is 40.2 Å². The van der Waals surface area contributed by atoms with Gasteiger partial charge in [0.25, 0.3) is 0 Å². The van der Waals surface area contributed by atoms with Crippen LogP contribution in [0, 0.1) is 11.8 Å². The molecule has 0 saturated carbocycles. The van der Waals surface area contributed by atoms with Crippen LogP contribution < -0.4 is 28.4 Å². The monoisotopic (exact) mass is 908 g/mol. The van der Waals surface area contributed by atoms with Crippen LogP contribution in [0.15, 0.2) is 42.5 Å². The maximum atomic E-state index is 11.9. The van der Waals surface area contributed by atoms with Gasteiger partial charge in [0.1, 0.15) is 48.8 Å². The van der Waals surface area contributed by atoms with Crippen LogP contribution in [0.1, 0.15) is 46.5 Å². The molecule has 0 aliphatic carbocycles. The summed E-state index contributed by atoms with van der Waals surface area (Å²) in [6.45, 7) is -1.42. The van der Waals surface area contributed by atoms with Crippen LogP contribution in [-0.2, 0) is 18.9 Å². The second-order valence-corrected chi connectivity index (χ2v) is 16.0. The zero-order valence-corrected chi connectivity index (χ0v) is 35.3. The van der Waals surface area contributed by atoms with Gasteiger partial charge in [-0.05, 0) is 53.1 Å². The van der Waals surface area contributed by atoms with Crippen molar-refractivity contribution in [2.24, 2.45) is 11.8 Å². The molecular weight excluding hydrogens is 852 g/mol. The fraction of sp³-hybridized carbons (Fsp3) is 0.581. The molecule has 0 bridgehead atoms. The fourth-order valence-corrected chi connectivity index (χ4v) is 8.81. The summed E-state index contributed by atoms with van der Waals surface area (Å²) in [6, 6.07) is 11.0. The van der Waals surface area contributed by atoms with E-state index in [1.807, 2.05) is 0 Å². The van der Waals surface area contributed by atoms with Gasteiger partial charge < -0.3 is 104 Å². The highest BCUT2D eigenvalue weighted by Gasteiger charge is 2.50. The number of fused-ring (bicyclic) bond motifs is 1. The van der Waals surface area contributed by atoms with E-state index in [0.717, 1.165) is 5.56 Å². The minimum absolute atomic E-state index is 0.0209. The summed E-state index contributed by atoms with van der Waals surface area (Å²) in [7, 11) is 5.38. The lowest BCUT2D eigenvalue weighted by Gasteiger charge is -2.39. The Balaban J connectivity index is 1.11. The molecule has 0 unspecified atom stereocenters. The molecule has 4 saturated heterocycles. The third-order valence-electron chi connectivity index (χ3n) is 12.4. The van der Waals surface area contributed by atoms with Gasteiger partial charge in [-0.1, -0.05) is 6.07 Å². The summed E-state index contributed by atoms with van der Waals surface area (Å²) >= 11 is 0. The Hall–Kier alpha value is -4.30. The molecule has 0 radical (unpaired) electrons. The number of rotatable bonds is 16. The van der Waals surface area contributed by atoms with Crippen LogP contribution in [-0.4, -0.2) is 179 Å². The molecule has 0 spiro atoms. The van der Waals surface area contributed by atoms with Crippen molar-refractivity contribution in [3.05, 3.63) is 64.7 Å². The Labute approximate surface area is 367 Å². The lowest BCUT2D eigenvalue weighted by atomic mass is 9.82. The number of benzene rings is 3. The molecule has 4 aliphatic rings. The van der Waals surface area contributed by atoms with E-state index in [2.05, 4.69) is 0 Å².